The second-order valence-corrected chi connectivity index (χ2v) is 4.63. The fourth-order valence-electron chi connectivity index (χ4n) is 1.13. The lowest BCUT2D eigenvalue weighted by atomic mass is 9.96. The van der Waals surface area contributed by atoms with Crippen LogP contribution in [0.15, 0.2) is 24.3 Å². The number of hydrogen-bond donors (Lipinski definition) is 0. The normalized spacial score (nSPS) is 11.0. The van der Waals surface area contributed by atoms with Gasteiger partial charge in [-0.25, -0.2) is 4.79 Å². The molecule has 1 aromatic rings. The smallest absolute Gasteiger partial charge is 0.414 e. The van der Waals surface area contributed by atoms with Crippen molar-refractivity contribution in [1.29, 1.82) is 0 Å². The molecule has 0 saturated carbocycles. The first-order chi connectivity index (χ1) is 7.29. The van der Waals surface area contributed by atoms with Crippen molar-refractivity contribution in [3.63, 3.8) is 0 Å². The highest BCUT2D eigenvalue weighted by atomic mass is 16.6. The summed E-state index contributed by atoms with van der Waals surface area (Å²) in [6.45, 7) is 5.51. The van der Waals surface area contributed by atoms with Gasteiger partial charge in [-0.3, -0.25) is 4.90 Å². The van der Waals surface area contributed by atoms with Crippen LogP contribution in [-0.4, -0.2) is 26.6 Å². The van der Waals surface area contributed by atoms with Crippen molar-refractivity contribution < 1.29 is 9.53 Å². The first-order valence-electron chi connectivity index (χ1n) is 5.12. The Morgan fingerprint density at radius 2 is 1.75 bits per heavy atom. The summed E-state index contributed by atoms with van der Waals surface area (Å²) in [5.74, 6) is 0. The fraction of sp³-hybridized carbons (Fsp3) is 0.417. The Balaban J connectivity index is 2.74. The predicted octanol–water partition coefficient (Wildman–Crippen LogP) is 1.85. The Bertz CT molecular complexity index is 368. The molecule has 0 spiro atoms. The van der Waals surface area contributed by atoms with Crippen LogP contribution in [0.25, 0.3) is 0 Å². The Morgan fingerprint density at radius 1 is 1.25 bits per heavy atom. The SMILES string of the molecule is [B]c1ccc(N(C)C(=O)OC(C)(C)C)cc1. The number of benzene rings is 1. The fourth-order valence-corrected chi connectivity index (χ4v) is 1.13. The maximum atomic E-state index is 11.7. The van der Waals surface area contributed by atoms with Crippen LogP contribution in [0.2, 0.25) is 0 Å². The summed E-state index contributed by atoms with van der Waals surface area (Å²) in [6.07, 6.45) is -0.378. The van der Waals surface area contributed by atoms with Gasteiger partial charge in [0.05, 0.1) is 0 Å². The molecule has 4 heteroatoms. The number of rotatable bonds is 1. The summed E-state index contributed by atoms with van der Waals surface area (Å²) in [7, 11) is 7.24. The number of hydrogen-bond acceptors (Lipinski definition) is 2. The largest absolute Gasteiger partial charge is 0.443 e. The molecule has 0 unspecified atom stereocenters. The van der Waals surface area contributed by atoms with Gasteiger partial charge in [0.1, 0.15) is 13.4 Å². The lowest BCUT2D eigenvalue weighted by Crippen LogP contribution is -2.34. The molecular weight excluding hydrogens is 201 g/mol. The van der Waals surface area contributed by atoms with Crippen molar-refractivity contribution >= 4 is 25.1 Å². The highest BCUT2D eigenvalue weighted by Gasteiger charge is 2.20. The van der Waals surface area contributed by atoms with Gasteiger partial charge in [-0.2, -0.15) is 0 Å². The van der Waals surface area contributed by atoms with E-state index in [1.165, 1.54) is 4.90 Å². The molecular formula is C12H16BNO2. The molecule has 0 saturated heterocycles. The van der Waals surface area contributed by atoms with Crippen LogP contribution in [0.1, 0.15) is 20.8 Å². The van der Waals surface area contributed by atoms with E-state index in [2.05, 4.69) is 0 Å². The van der Waals surface area contributed by atoms with Gasteiger partial charge in [-0.15, -0.1) is 0 Å². The maximum Gasteiger partial charge on any atom is 0.414 e. The molecule has 0 N–H and O–H groups in total. The molecule has 0 aromatic heterocycles. The molecule has 0 heterocycles. The molecule has 2 radical (unpaired) electrons. The summed E-state index contributed by atoms with van der Waals surface area (Å²) in [5.41, 5.74) is 0.934. The molecule has 1 rings (SSSR count). The number of carbonyl (C=O) groups is 1. The molecule has 0 aliphatic heterocycles. The van der Waals surface area contributed by atoms with E-state index in [1.807, 2.05) is 20.8 Å². The van der Waals surface area contributed by atoms with Crippen molar-refractivity contribution in [1.82, 2.24) is 0 Å². The first-order valence-corrected chi connectivity index (χ1v) is 5.12. The lowest BCUT2D eigenvalue weighted by Gasteiger charge is -2.24. The average Bonchev–Trinajstić information content (AvgIpc) is 2.15. The molecule has 3 nitrogen and oxygen atoms in total. The number of carbonyl (C=O) groups excluding carboxylic acids is 1. The summed E-state index contributed by atoms with van der Waals surface area (Å²) in [5, 5.41) is 0. The van der Waals surface area contributed by atoms with Crippen molar-refractivity contribution in [2.45, 2.75) is 26.4 Å². The van der Waals surface area contributed by atoms with Crippen LogP contribution in [0.4, 0.5) is 10.5 Å². The minimum Gasteiger partial charge on any atom is -0.443 e. The van der Waals surface area contributed by atoms with Gasteiger partial charge in [0.2, 0.25) is 0 Å². The number of amides is 1. The summed E-state index contributed by atoms with van der Waals surface area (Å²) >= 11 is 0. The third-order valence-corrected chi connectivity index (χ3v) is 1.95. The number of nitrogens with zero attached hydrogens (tertiary/aromatic N) is 1. The Labute approximate surface area is 97.8 Å². The van der Waals surface area contributed by atoms with E-state index < -0.39 is 5.60 Å². The predicted molar refractivity (Wildman–Crippen MR) is 66.5 cm³/mol. The van der Waals surface area contributed by atoms with Gasteiger partial charge in [-0.05, 0) is 32.9 Å². The zero-order chi connectivity index (χ0) is 12.3. The molecule has 84 valence electrons. The van der Waals surface area contributed by atoms with Crippen LogP contribution in [-0.2, 0) is 4.74 Å². The monoisotopic (exact) mass is 217 g/mol. The zero-order valence-electron chi connectivity index (χ0n) is 10.2. The van der Waals surface area contributed by atoms with Crippen molar-refractivity contribution in [3.05, 3.63) is 24.3 Å². The zero-order valence-corrected chi connectivity index (χ0v) is 10.2. The van der Waals surface area contributed by atoms with Gasteiger partial charge in [0.15, 0.2) is 0 Å². The van der Waals surface area contributed by atoms with Crippen LogP contribution in [0.3, 0.4) is 0 Å². The molecule has 1 amide bonds. The molecule has 0 bridgehead atoms. The van der Waals surface area contributed by atoms with E-state index in [1.54, 1.807) is 31.3 Å². The molecule has 0 atom stereocenters. The van der Waals surface area contributed by atoms with Crippen molar-refractivity contribution in [2.24, 2.45) is 0 Å². The second kappa shape index (κ2) is 4.60. The van der Waals surface area contributed by atoms with Gasteiger partial charge in [-0.1, -0.05) is 17.6 Å². The number of ether oxygens (including phenoxy) is 1. The van der Waals surface area contributed by atoms with E-state index >= 15 is 0 Å². The summed E-state index contributed by atoms with van der Waals surface area (Å²) in [6, 6.07) is 7.05. The molecule has 1 aromatic carbocycles. The quantitative estimate of drug-likeness (QED) is 0.672. The second-order valence-electron chi connectivity index (χ2n) is 4.63. The van der Waals surface area contributed by atoms with E-state index in [0.29, 0.717) is 5.46 Å². The Kier molecular flexibility index (Phi) is 3.63. The van der Waals surface area contributed by atoms with Crippen LogP contribution < -0.4 is 10.4 Å². The van der Waals surface area contributed by atoms with Crippen LogP contribution in [0, 0.1) is 0 Å². The maximum absolute atomic E-state index is 11.7. The third kappa shape index (κ3) is 3.61. The summed E-state index contributed by atoms with van der Waals surface area (Å²) < 4.78 is 5.24. The Hall–Kier alpha value is -1.45. The highest BCUT2D eigenvalue weighted by Crippen LogP contribution is 2.15. The third-order valence-electron chi connectivity index (χ3n) is 1.95. The molecule has 16 heavy (non-hydrogen) atoms. The van der Waals surface area contributed by atoms with E-state index in [0.717, 1.165) is 5.69 Å². The van der Waals surface area contributed by atoms with Crippen molar-refractivity contribution in [2.75, 3.05) is 11.9 Å². The summed E-state index contributed by atoms with van der Waals surface area (Å²) in [4.78, 5) is 13.2. The van der Waals surface area contributed by atoms with Gasteiger partial charge in [0.25, 0.3) is 0 Å². The molecule has 0 aliphatic carbocycles. The molecule has 0 fully saturated rings. The van der Waals surface area contributed by atoms with Crippen LogP contribution in [0.5, 0.6) is 0 Å². The van der Waals surface area contributed by atoms with Gasteiger partial charge >= 0.3 is 6.09 Å². The van der Waals surface area contributed by atoms with Crippen LogP contribution >= 0.6 is 0 Å². The first kappa shape index (κ1) is 12.6. The standard InChI is InChI=1S/C12H16BNO2/c1-12(2,3)16-11(15)14(4)10-7-5-9(13)6-8-10/h5-8H,1-4H3. The van der Waals surface area contributed by atoms with Gasteiger partial charge in [0, 0.05) is 12.7 Å². The topological polar surface area (TPSA) is 29.5 Å². The average molecular weight is 217 g/mol. The molecule has 0 aliphatic rings. The van der Waals surface area contributed by atoms with Gasteiger partial charge < -0.3 is 4.74 Å². The minimum atomic E-state index is -0.487. The lowest BCUT2D eigenvalue weighted by molar-refractivity contribution is 0.0589. The highest BCUT2D eigenvalue weighted by molar-refractivity contribution is 6.32. The number of anilines is 1. The van der Waals surface area contributed by atoms with E-state index in [4.69, 9.17) is 12.6 Å². The minimum absolute atomic E-state index is 0.378. The van der Waals surface area contributed by atoms with Crippen molar-refractivity contribution in [3.8, 4) is 0 Å². The van der Waals surface area contributed by atoms with E-state index in [-0.39, 0.29) is 6.09 Å². The van der Waals surface area contributed by atoms with E-state index in [9.17, 15) is 4.79 Å². The Morgan fingerprint density at radius 3 is 2.19 bits per heavy atom.